The average Bonchev–Trinajstić information content (AvgIpc) is 2.55. The number of rotatable bonds is 4. The number of allylic oxidation sites excluding steroid dienone is 2. The van der Waals surface area contributed by atoms with Crippen molar-refractivity contribution in [2.45, 2.75) is 13.5 Å². The fourth-order valence-corrected chi connectivity index (χ4v) is 2.25. The van der Waals surface area contributed by atoms with Crippen molar-refractivity contribution < 1.29 is 4.74 Å². The Balaban J connectivity index is 1.73. The summed E-state index contributed by atoms with van der Waals surface area (Å²) < 4.78 is 5.89. The van der Waals surface area contributed by atoms with Crippen molar-refractivity contribution in [2.24, 2.45) is 5.10 Å². The third-order valence-electron chi connectivity index (χ3n) is 3.47. The Kier molecular flexibility index (Phi) is 4.05. The second-order valence-corrected chi connectivity index (χ2v) is 5.22. The number of hydrazone groups is 1. The molecule has 0 unspecified atom stereocenters. The summed E-state index contributed by atoms with van der Waals surface area (Å²) in [6, 6.07) is 16.3. The van der Waals surface area contributed by atoms with Crippen LogP contribution < -0.4 is 10.2 Å². The third-order valence-corrected chi connectivity index (χ3v) is 3.47. The number of hydrogen-bond acceptors (Lipinski definition) is 3. The fourth-order valence-electron chi connectivity index (χ4n) is 2.25. The van der Waals surface area contributed by atoms with Gasteiger partial charge in [-0.2, -0.15) is 5.10 Å². The van der Waals surface area contributed by atoms with Gasteiger partial charge in [0.1, 0.15) is 12.4 Å². The van der Waals surface area contributed by atoms with Crippen LogP contribution >= 0.6 is 0 Å². The highest BCUT2D eigenvalue weighted by molar-refractivity contribution is 6.09. The molecule has 0 amide bonds. The van der Waals surface area contributed by atoms with Crippen LogP contribution in [0.1, 0.15) is 16.7 Å². The maximum atomic E-state index is 5.89. The Morgan fingerprint density at radius 1 is 1.09 bits per heavy atom. The molecule has 1 heterocycles. The molecule has 3 nitrogen and oxygen atoms in total. The minimum absolute atomic E-state index is 0.573. The predicted molar refractivity (Wildman–Crippen MR) is 89.9 cm³/mol. The van der Waals surface area contributed by atoms with Crippen LogP contribution in [-0.4, -0.2) is 5.71 Å². The van der Waals surface area contributed by atoms with Gasteiger partial charge in [0, 0.05) is 11.3 Å². The largest absolute Gasteiger partial charge is 0.489 e. The van der Waals surface area contributed by atoms with E-state index in [9.17, 15) is 0 Å². The summed E-state index contributed by atoms with van der Waals surface area (Å²) in [5, 5.41) is 4.28. The highest BCUT2D eigenvalue weighted by Crippen LogP contribution is 2.21. The van der Waals surface area contributed by atoms with Gasteiger partial charge >= 0.3 is 0 Å². The molecule has 0 radical (unpaired) electrons. The Morgan fingerprint density at radius 3 is 2.59 bits per heavy atom. The highest BCUT2D eigenvalue weighted by atomic mass is 16.5. The van der Waals surface area contributed by atoms with E-state index in [0.29, 0.717) is 6.61 Å². The molecule has 2 aromatic carbocycles. The van der Waals surface area contributed by atoms with Gasteiger partial charge in [-0.1, -0.05) is 36.9 Å². The van der Waals surface area contributed by atoms with Gasteiger partial charge in [-0.15, -0.1) is 0 Å². The topological polar surface area (TPSA) is 33.6 Å². The van der Waals surface area contributed by atoms with Crippen LogP contribution in [0.5, 0.6) is 5.75 Å². The van der Waals surface area contributed by atoms with E-state index in [4.69, 9.17) is 4.74 Å². The lowest BCUT2D eigenvalue weighted by atomic mass is 10.1. The molecule has 3 heteroatoms. The summed E-state index contributed by atoms with van der Waals surface area (Å²) in [7, 11) is 0. The van der Waals surface area contributed by atoms with Gasteiger partial charge in [0.05, 0.1) is 5.71 Å². The second-order valence-electron chi connectivity index (χ2n) is 5.22. The van der Waals surface area contributed by atoms with Crippen molar-refractivity contribution in [2.75, 3.05) is 0 Å². The summed E-state index contributed by atoms with van der Waals surface area (Å²) >= 11 is 0. The zero-order valence-electron chi connectivity index (χ0n) is 12.5. The van der Waals surface area contributed by atoms with Crippen LogP contribution in [0.15, 0.2) is 78.1 Å². The number of benzene rings is 2. The summed E-state index contributed by atoms with van der Waals surface area (Å²) in [6.45, 7) is 6.42. The molecule has 0 atom stereocenters. The van der Waals surface area contributed by atoms with E-state index in [2.05, 4.69) is 35.3 Å². The zero-order chi connectivity index (χ0) is 15.4. The normalized spacial score (nSPS) is 13.5. The van der Waals surface area contributed by atoms with Gasteiger partial charge in [-0.05, 0) is 48.4 Å². The summed E-state index contributed by atoms with van der Waals surface area (Å²) in [4.78, 5) is 0. The molecule has 3 rings (SSSR count). The molecule has 110 valence electrons. The monoisotopic (exact) mass is 290 g/mol. The molecule has 0 saturated carbocycles. The molecular weight excluding hydrogens is 272 g/mol. The van der Waals surface area contributed by atoms with Crippen molar-refractivity contribution in [3.05, 3.63) is 89.6 Å². The smallest absolute Gasteiger partial charge is 0.122 e. The first kappa shape index (κ1) is 14.1. The Bertz CT molecular complexity index is 745. The lowest BCUT2D eigenvalue weighted by Gasteiger charge is -2.13. The Morgan fingerprint density at radius 2 is 1.91 bits per heavy atom. The van der Waals surface area contributed by atoms with Crippen molar-refractivity contribution in [3.63, 3.8) is 0 Å². The number of nitrogens with zero attached hydrogens (tertiary/aromatic N) is 1. The van der Waals surface area contributed by atoms with Crippen molar-refractivity contribution in [3.8, 4) is 5.75 Å². The summed E-state index contributed by atoms with van der Waals surface area (Å²) in [6.07, 6.45) is 3.87. The summed E-state index contributed by atoms with van der Waals surface area (Å²) in [5.41, 5.74) is 7.88. The van der Waals surface area contributed by atoms with Crippen molar-refractivity contribution in [1.29, 1.82) is 0 Å². The Labute approximate surface area is 130 Å². The molecule has 1 aliphatic rings. The molecule has 2 aromatic rings. The van der Waals surface area contributed by atoms with Gasteiger partial charge in [0.15, 0.2) is 0 Å². The maximum Gasteiger partial charge on any atom is 0.122 e. The van der Waals surface area contributed by atoms with Gasteiger partial charge in [-0.25, -0.2) is 0 Å². The molecule has 0 bridgehead atoms. The van der Waals surface area contributed by atoms with Crippen LogP contribution in [0.3, 0.4) is 0 Å². The van der Waals surface area contributed by atoms with Gasteiger partial charge in [0.25, 0.3) is 0 Å². The fraction of sp³-hybridized carbons (Fsp3) is 0.105. The Hall–Kier alpha value is -2.81. The van der Waals surface area contributed by atoms with Gasteiger partial charge in [0.2, 0.25) is 0 Å². The van der Waals surface area contributed by atoms with E-state index in [-0.39, 0.29) is 0 Å². The SMILES string of the molecule is C=C1C=CC(c2ccc(OCc3ccccc3)c(C)c2)=NN1. The lowest BCUT2D eigenvalue weighted by Crippen LogP contribution is -2.12. The molecule has 1 N–H and O–H groups in total. The number of aryl methyl sites for hydroxylation is 1. The predicted octanol–water partition coefficient (Wildman–Crippen LogP) is 3.95. The zero-order valence-corrected chi connectivity index (χ0v) is 12.5. The van der Waals surface area contributed by atoms with E-state index in [0.717, 1.165) is 33.8 Å². The van der Waals surface area contributed by atoms with Crippen LogP contribution in [0.4, 0.5) is 0 Å². The van der Waals surface area contributed by atoms with Crippen molar-refractivity contribution in [1.82, 2.24) is 5.43 Å². The van der Waals surface area contributed by atoms with Crippen LogP contribution in [-0.2, 0) is 6.61 Å². The van der Waals surface area contributed by atoms with Gasteiger partial charge in [-0.3, -0.25) is 5.43 Å². The standard InChI is InChI=1S/C19H18N2O/c1-14-12-17(18-10-8-15(2)20-21-18)9-11-19(14)22-13-16-6-4-3-5-7-16/h3-12,20H,2,13H2,1H3. The molecular formula is C19H18N2O. The highest BCUT2D eigenvalue weighted by Gasteiger charge is 2.07. The van der Waals surface area contributed by atoms with E-state index >= 15 is 0 Å². The number of ether oxygens (including phenoxy) is 1. The molecule has 0 spiro atoms. The molecule has 0 aromatic heterocycles. The quantitative estimate of drug-likeness (QED) is 0.925. The molecule has 0 fully saturated rings. The first-order valence-corrected chi connectivity index (χ1v) is 7.21. The molecule has 0 saturated heterocycles. The minimum atomic E-state index is 0.573. The van der Waals surface area contributed by atoms with Crippen LogP contribution in [0.2, 0.25) is 0 Å². The van der Waals surface area contributed by atoms with Crippen LogP contribution in [0, 0.1) is 6.92 Å². The molecule has 1 aliphatic heterocycles. The number of nitrogens with one attached hydrogen (secondary N) is 1. The van der Waals surface area contributed by atoms with E-state index in [1.54, 1.807) is 0 Å². The van der Waals surface area contributed by atoms with Crippen molar-refractivity contribution >= 4 is 5.71 Å². The maximum absolute atomic E-state index is 5.89. The first-order chi connectivity index (χ1) is 10.7. The van der Waals surface area contributed by atoms with Crippen LogP contribution in [0.25, 0.3) is 0 Å². The average molecular weight is 290 g/mol. The van der Waals surface area contributed by atoms with Gasteiger partial charge < -0.3 is 4.74 Å². The first-order valence-electron chi connectivity index (χ1n) is 7.21. The van der Waals surface area contributed by atoms with E-state index in [1.807, 2.05) is 49.4 Å². The van der Waals surface area contributed by atoms with E-state index in [1.165, 1.54) is 0 Å². The summed E-state index contributed by atoms with van der Waals surface area (Å²) in [5.74, 6) is 0.894. The minimum Gasteiger partial charge on any atom is -0.489 e. The third kappa shape index (κ3) is 3.26. The molecule has 0 aliphatic carbocycles. The van der Waals surface area contributed by atoms with E-state index < -0.39 is 0 Å². The lowest BCUT2D eigenvalue weighted by molar-refractivity contribution is 0.304. The second kappa shape index (κ2) is 6.31. The number of hydrogen-bond donors (Lipinski definition) is 1. The molecule has 22 heavy (non-hydrogen) atoms.